The first kappa shape index (κ1) is 19.8. The van der Waals surface area contributed by atoms with Gasteiger partial charge in [-0.2, -0.15) is 0 Å². The first-order chi connectivity index (χ1) is 13.2. The van der Waals surface area contributed by atoms with Crippen LogP contribution in [0.4, 0.5) is 5.69 Å². The summed E-state index contributed by atoms with van der Waals surface area (Å²) in [5.41, 5.74) is 2.65. The van der Waals surface area contributed by atoms with Crippen LogP contribution >= 0.6 is 0 Å². The fourth-order valence-corrected chi connectivity index (χ4v) is 3.60. The Labute approximate surface area is 164 Å². The topological polar surface area (TPSA) is 92.5 Å². The highest BCUT2D eigenvalue weighted by Crippen LogP contribution is 2.25. The smallest absolute Gasteiger partial charge is 0.255 e. The SMILES string of the molecule is Cc1nc(-c2ccc(NC(=O)c3ccc(S(=O)(=O)N(C)C)cc3)cc2)c(C)o1. The zero-order chi connectivity index (χ0) is 20.5. The van der Waals surface area contributed by atoms with E-state index in [1.807, 2.05) is 19.1 Å². The third kappa shape index (κ3) is 3.97. The molecule has 0 saturated carbocycles. The van der Waals surface area contributed by atoms with E-state index in [4.69, 9.17) is 4.42 Å². The van der Waals surface area contributed by atoms with Gasteiger partial charge in [0.15, 0.2) is 5.89 Å². The van der Waals surface area contributed by atoms with Gasteiger partial charge in [-0.3, -0.25) is 4.79 Å². The summed E-state index contributed by atoms with van der Waals surface area (Å²) in [6.45, 7) is 3.64. The molecule has 0 saturated heterocycles. The lowest BCUT2D eigenvalue weighted by molar-refractivity contribution is 0.102. The number of nitrogens with zero attached hydrogens (tertiary/aromatic N) is 2. The third-order valence-corrected chi connectivity index (χ3v) is 6.04. The van der Waals surface area contributed by atoms with Crippen molar-refractivity contribution >= 4 is 21.6 Å². The largest absolute Gasteiger partial charge is 0.446 e. The molecule has 0 atom stereocenters. The summed E-state index contributed by atoms with van der Waals surface area (Å²) in [5.74, 6) is 1.02. The van der Waals surface area contributed by atoms with Gasteiger partial charge in [0.2, 0.25) is 10.0 Å². The van der Waals surface area contributed by atoms with Crippen LogP contribution in [0.3, 0.4) is 0 Å². The molecule has 0 aliphatic heterocycles. The van der Waals surface area contributed by atoms with Crippen molar-refractivity contribution in [3.05, 3.63) is 65.7 Å². The van der Waals surface area contributed by atoms with Crippen LogP contribution in [0.5, 0.6) is 0 Å². The fourth-order valence-electron chi connectivity index (χ4n) is 2.70. The summed E-state index contributed by atoms with van der Waals surface area (Å²) in [7, 11) is -0.604. The lowest BCUT2D eigenvalue weighted by Crippen LogP contribution is -2.22. The highest BCUT2D eigenvalue weighted by atomic mass is 32.2. The summed E-state index contributed by atoms with van der Waals surface area (Å²) in [5, 5.41) is 2.80. The van der Waals surface area contributed by atoms with Gasteiger partial charge in [-0.15, -0.1) is 0 Å². The molecule has 146 valence electrons. The van der Waals surface area contributed by atoms with Gasteiger partial charge >= 0.3 is 0 Å². The summed E-state index contributed by atoms with van der Waals surface area (Å²) in [6, 6.07) is 13.1. The number of carbonyl (C=O) groups is 1. The molecule has 1 aromatic heterocycles. The van der Waals surface area contributed by atoms with Gasteiger partial charge in [0.25, 0.3) is 5.91 Å². The molecule has 28 heavy (non-hydrogen) atoms. The van der Waals surface area contributed by atoms with Gasteiger partial charge in [0, 0.05) is 37.8 Å². The molecule has 0 bridgehead atoms. The van der Waals surface area contributed by atoms with Crippen LogP contribution in [0, 0.1) is 13.8 Å². The summed E-state index contributed by atoms with van der Waals surface area (Å²) in [6.07, 6.45) is 0. The highest BCUT2D eigenvalue weighted by molar-refractivity contribution is 7.89. The Balaban J connectivity index is 1.73. The highest BCUT2D eigenvalue weighted by Gasteiger charge is 2.17. The van der Waals surface area contributed by atoms with Crippen molar-refractivity contribution in [3.8, 4) is 11.3 Å². The quantitative estimate of drug-likeness (QED) is 0.709. The van der Waals surface area contributed by atoms with Crippen molar-refractivity contribution < 1.29 is 17.6 Å². The van der Waals surface area contributed by atoms with E-state index in [1.165, 1.54) is 38.4 Å². The standard InChI is InChI=1S/C20H21N3O4S/c1-13-19(21-14(2)27-13)15-5-9-17(10-6-15)22-20(24)16-7-11-18(12-8-16)28(25,26)23(3)4/h5-12H,1-4H3,(H,22,24). The first-order valence-electron chi connectivity index (χ1n) is 8.57. The van der Waals surface area contributed by atoms with Gasteiger partial charge in [-0.05, 0) is 43.3 Å². The molecule has 2 aromatic carbocycles. The Kier molecular flexibility index (Phi) is 5.35. The maximum atomic E-state index is 12.4. The lowest BCUT2D eigenvalue weighted by atomic mass is 10.1. The van der Waals surface area contributed by atoms with E-state index < -0.39 is 10.0 Å². The zero-order valence-electron chi connectivity index (χ0n) is 16.1. The second kappa shape index (κ2) is 7.57. The summed E-state index contributed by atoms with van der Waals surface area (Å²) < 4.78 is 30.8. The molecule has 8 heteroatoms. The number of hydrogen-bond donors (Lipinski definition) is 1. The number of aryl methyl sites for hydroxylation is 2. The van der Waals surface area contributed by atoms with Crippen LogP contribution in [0.25, 0.3) is 11.3 Å². The first-order valence-corrected chi connectivity index (χ1v) is 10.0. The van der Waals surface area contributed by atoms with Crippen LogP contribution in [0.15, 0.2) is 57.8 Å². The number of nitrogens with one attached hydrogen (secondary N) is 1. The minimum Gasteiger partial charge on any atom is -0.446 e. The van der Waals surface area contributed by atoms with E-state index >= 15 is 0 Å². The molecule has 0 aliphatic carbocycles. The van der Waals surface area contributed by atoms with E-state index in [0.717, 1.165) is 21.3 Å². The monoisotopic (exact) mass is 399 g/mol. The lowest BCUT2D eigenvalue weighted by Gasteiger charge is -2.11. The number of benzene rings is 2. The molecule has 0 aliphatic rings. The number of anilines is 1. The van der Waals surface area contributed by atoms with Gasteiger partial charge < -0.3 is 9.73 Å². The second-order valence-corrected chi connectivity index (χ2v) is 8.63. The predicted molar refractivity (Wildman–Crippen MR) is 107 cm³/mol. The van der Waals surface area contributed by atoms with Crippen molar-refractivity contribution in [2.75, 3.05) is 19.4 Å². The number of aromatic nitrogens is 1. The molecule has 0 fully saturated rings. The van der Waals surface area contributed by atoms with Crippen molar-refractivity contribution in [2.45, 2.75) is 18.7 Å². The van der Waals surface area contributed by atoms with E-state index in [2.05, 4.69) is 10.3 Å². The molecule has 0 unspecified atom stereocenters. The van der Waals surface area contributed by atoms with Crippen molar-refractivity contribution in [2.24, 2.45) is 0 Å². The Morgan fingerprint density at radius 1 is 1.00 bits per heavy atom. The fraction of sp³-hybridized carbons (Fsp3) is 0.200. The molecule has 1 N–H and O–H groups in total. The number of rotatable bonds is 5. The molecule has 3 aromatic rings. The number of hydrogen-bond acceptors (Lipinski definition) is 5. The molecule has 1 amide bonds. The Morgan fingerprint density at radius 2 is 1.61 bits per heavy atom. The van der Waals surface area contributed by atoms with E-state index in [9.17, 15) is 13.2 Å². The minimum atomic E-state index is -3.52. The molecule has 1 heterocycles. The zero-order valence-corrected chi connectivity index (χ0v) is 16.9. The van der Waals surface area contributed by atoms with E-state index in [-0.39, 0.29) is 10.8 Å². The normalized spacial score (nSPS) is 11.6. The Morgan fingerprint density at radius 3 is 2.11 bits per heavy atom. The predicted octanol–water partition coefficient (Wildman–Crippen LogP) is 3.46. The molecule has 3 rings (SSSR count). The Bertz CT molecular complexity index is 1100. The van der Waals surface area contributed by atoms with Gasteiger partial charge in [0.1, 0.15) is 11.5 Å². The van der Waals surface area contributed by atoms with Gasteiger partial charge in [-0.25, -0.2) is 17.7 Å². The number of amides is 1. The molecule has 0 spiro atoms. The molecule has 7 nitrogen and oxygen atoms in total. The Hall–Kier alpha value is -2.97. The van der Waals surface area contributed by atoms with Gasteiger partial charge in [-0.1, -0.05) is 12.1 Å². The average Bonchev–Trinajstić information content (AvgIpc) is 3.00. The number of sulfonamides is 1. The molecular formula is C20H21N3O4S. The number of oxazole rings is 1. The van der Waals surface area contributed by atoms with Crippen LogP contribution < -0.4 is 5.32 Å². The van der Waals surface area contributed by atoms with Crippen LogP contribution in [0.1, 0.15) is 22.0 Å². The molecule has 0 radical (unpaired) electrons. The van der Waals surface area contributed by atoms with E-state index in [0.29, 0.717) is 17.1 Å². The average molecular weight is 399 g/mol. The van der Waals surface area contributed by atoms with Gasteiger partial charge in [0.05, 0.1) is 4.90 Å². The molecular weight excluding hydrogens is 378 g/mol. The van der Waals surface area contributed by atoms with Crippen LogP contribution in [0.2, 0.25) is 0 Å². The van der Waals surface area contributed by atoms with Crippen molar-refractivity contribution in [1.82, 2.24) is 9.29 Å². The van der Waals surface area contributed by atoms with Crippen molar-refractivity contribution in [1.29, 1.82) is 0 Å². The number of carbonyl (C=O) groups excluding carboxylic acids is 1. The third-order valence-electron chi connectivity index (χ3n) is 4.21. The van der Waals surface area contributed by atoms with Crippen molar-refractivity contribution in [3.63, 3.8) is 0 Å². The summed E-state index contributed by atoms with van der Waals surface area (Å²) in [4.78, 5) is 16.9. The summed E-state index contributed by atoms with van der Waals surface area (Å²) >= 11 is 0. The maximum absolute atomic E-state index is 12.4. The maximum Gasteiger partial charge on any atom is 0.255 e. The second-order valence-electron chi connectivity index (χ2n) is 6.48. The van der Waals surface area contributed by atoms with E-state index in [1.54, 1.807) is 19.1 Å². The van der Waals surface area contributed by atoms with Crippen LogP contribution in [-0.4, -0.2) is 37.7 Å². The van der Waals surface area contributed by atoms with Crippen LogP contribution in [-0.2, 0) is 10.0 Å². The minimum absolute atomic E-state index is 0.136.